The van der Waals surface area contributed by atoms with Crippen LogP contribution in [-0.4, -0.2) is 5.11 Å². The van der Waals surface area contributed by atoms with Crippen LogP contribution < -0.4 is 5.73 Å². The van der Waals surface area contributed by atoms with Crippen LogP contribution in [-0.2, 0) is 6.18 Å². The Labute approximate surface area is 98.3 Å². The van der Waals surface area contributed by atoms with Crippen LogP contribution in [0.15, 0.2) is 18.2 Å². The monoisotopic (exact) mass is 247 g/mol. The number of phenols is 1. The SMILES string of the molecule is CC(C)(C)[C@H](N)c1cc(C(F)(F)F)ccc1O. The van der Waals surface area contributed by atoms with Crippen molar-refractivity contribution in [1.82, 2.24) is 0 Å². The molecule has 0 aliphatic carbocycles. The Bertz CT molecular complexity index is 407. The third-order valence-corrected chi connectivity index (χ3v) is 2.62. The first-order chi connectivity index (χ1) is 7.53. The lowest BCUT2D eigenvalue weighted by Crippen LogP contribution is -2.26. The molecule has 0 bridgehead atoms. The van der Waals surface area contributed by atoms with Gasteiger partial charge in [-0.15, -0.1) is 0 Å². The first kappa shape index (κ1) is 13.8. The fraction of sp³-hybridized carbons (Fsp3) is 0.500. The molecule has 0 saturated heterocycles. The number of alkyl halides is 3. The van der Waals surface area contributed by atoms with Crippen LogP contribution in [0.2, 0.25) is 0 Å². The van der Waals surface area contributed by atoms with Gasteiger partial charge in [0.15, 0.2) is 0 Å². The van der Waals surface area contributed by atoms with Crippen LogP contribution in [0.3, 0.4) is 0 Å². The second-order valence-electron chi connectivity index (χ2n) is 5.12. The van der Waals surface area contributed by atoms with E-state index < -0.39 is 23.2 Å². The summed E-state index contributed by atoms with van der Waals surface area (Å²) in [5.74, 6) is -0.208. The molecule has 2 nitrogen and oxygen atoms in total. The lowest BCUT2D eigenvalue weighted by molar-refractivity contribution is -0.137. The van der Waals surface area contributed by atoms with Gasteiger partial charge in [0.05, 0.1) is 5.56 Å². The lowest BCUT2D eigenvalue weighted by atomic mass is 9.82. The second kappa shape index (κ2) is 4.22. The predicted molar refractivity (Wildman–Crippen MR) is 59.5 cm³/mol. The van der Waals surface area contributed by atoms with Gasteiger partial charge >= 0.3 is 6.18 Å². The fourth-order valence-electron chi connectivity index (χ4n) is 1.45. The van der Waals surface area contributed by atoms with Crippen LogP contribution in [0.5, 0.6) is 5.75 Å². The minimum Gasteiger partial charge on any atom is -0.508 e. The summed E-state index contributed by atoms with van der Waals surface area (Å²) in [5, 5.41) is 9.59. The maximum atomic E-state index is 12.5. The number of phenolic OH excluding ortho intramolecular Hbond substituents is 1. The van der Waals surface area contributed by atoms with Crippen molar-refractivity contribution in [2.24, 2.45) is 11.1 Å². The summed E-state index contributed by atoms with van der Waals surface area (Å²) < 4.78 is 37.6. The van der Waals surface area contributed by atoms with Crippen molar-refractivity contribution in [3.8, 4) is 5.75 Å². The number of hydrogen-bond acceptors (Lipinski definition) is 2. The van der Waals surface area contributed by atoms with E-state index in [9.17, 15) is 18.3 Å². The standard InChI is InChI=1S/C12H16F3NO/c1-11(2,3)10(16)8-6-7(12(13,14)15)4-5-9(8)17/h4-6,10,17H,16H2,1-3H3/t10-/m1/s1. The van der Waals surface area contributed by atoms with E-state index in [4.69, 9.17) is 5.73 Å². The molecule has 3 N–H and O–H groups in total. The summed E-state index contributed by atoms with van der Waals surface area (Å²) >= 11 is 0. The average molecular weight is 247 g/mol. The topological polar surface area (TPSA) is 46.2 Å². The van der Waals surface area contributed by atoms with Gasteiger partial charge in [0.2, 0.25) is 0 Å². The zero-order valence-corrected chi connectivity index (χ0v) is 9.97. The minimum absolute atomic E-state index is 0.118. The van der Waals surface area contributed by atoms with Crippen LogP contribution in [0.1, 0.15) is 37.9 Å². The predicted octanol–water partition coefficient (Wildman–Crippen LogP) is 3.46. The van der Waals surface area contributed by atoms with E-state index in [2.05, 4.69) is 0 Å². The van der Waals surface area contributed by atoms with Gasteiger partial charge in [0.1, 0.15) is 5.75 Å². The van der Waals surface area contributed by atoms with Crippen LogP contribution >= 0.6 is 0 Å². The molecular weight excluding hydrogens is 231 g/mol. The third-order valence-electron chi connectivity index (χ3n) is 2.62. The summed E-state index contributed by atoms with van der Waals surface area (Å²) in [4.78, 5) is 0. The number of benzene rings is 1. The van der Waals surface area contributed by atoms with E-state index in [1.807, 2.05) is 0 Å². The van der Waals surface area contributed by atoms with Crippen molar-refractivity contribution < 1.29 is 18.3 Å². The molecule has 1 rings (SSSR count). The molecule has 0 aliphatic heterocycles. The number of hydrogen-bond donors (Lipinski definition) is 2. The van der Waals surface area contributed by atoms with E-state index in [1.165, 1.54) is 0 Å². The van der Waals surface area contributed by atoms with Gasteiger partial charge in [-0.25, -0.2) is 0 Å². The Morgan fingerprint density at radius 1 is 1.18 bits per heavy atom. The molecule has 0 aliphatic rings. The highest BCUT2D eigenvalue weighted by Crippen LogP contribution is 2.38. The molecule has 17 heavy (non-hydrogen) atoms. The van der Waals surface area contributed by atoms with E-state index >= 15 is 0 Å². The molecule has 96 valence electrons. The molecule has 0 spiro atoms. The van der Waals surface area contributed by atoms with Crippen molar-refractivity contribution in [3.63, 3.8) is 0 Å². The highest BCUT2D eigenvalue weighted by Gasteiger charge is 2.33. The average Bonchev–Trinajstić information content (AvgIpc) is 2.14. The Balaban J connectivity index is 3.25. The molecule has 0 fully saturated rings. The Kier molecular flexibility index (Phi) is 3.43. The van der Waals surface area contributed by atoms with E-state index in [0.717, 1.165) is 18.2 Å². The molecule has 0 unspecified atom stereocenters. The Hall–Kier alpha value is -1.23. The first-order valence-electron chi connectivity index (χ1n) is 5.19. The highest BCUT2D eigenvalue weighted by molar-refractivity contribution is 5.40. The molecular formula is C12H16F3NO. The zero-order chi connectivity index (χ0) is 13.4. The van der Waals surface area contributed by atoms with Gasteiger partial charge in [-0.2, -0.15) is 13.2 Å². The van der Waals surface area contributed by atoms with Crippen LogP contribution in [0.25, 0.3) is 0 Å². The van der Waals surface area contributed by atoms with E-state index in [1.54, 1.807) is 20.8 Å². The van der Waals surface area contributed by atoms with Gasteiger partial charge in [0.25, 0.3) is 0 Å². The van der Waals surface area contributed by atoms with Crippen LogP contribution in [0.4, 0.5) is 13.2 Å². The van der Waals surface area contributed by atoms with Crippen molar-refractivity contribution in [2.45, 2.75) is 33.0 Å². The second-order valence-corrected chi connectivity index (χ2v) is 5.12. The zero-order valence-electron chi connectivity index (χ0n) is 9.97. The van der Waals surface area contributed by atoms with E-state index in [0.29, 0.717) is 0 Å². The molecule has 0 aromatic heterocycles. The van der Waals surface area contributed by atoms with Crippen molar-refractivity contribution >= 4 is 0 Å². The Morgan fingerprint density at radius 3 is 2.12 bits per heavy atom. The lowest BCUT2D eigenvalue weighted by Gasteiger charge is -2.28. The van der Waals surface area contributed by atoms with E-state index in [-0.39, 0.29) is 11.3 Å². The normalized spacial score (nSPS) is 14.8. The maximum absolute atomic E-state index is 12.5. The Morgan fingerprint density at radius 2 is 1.71 bits per heavy atom. The molecule has 0 saturated carbocycles. The summed E-state index contributed by atoms with van der Waals surface area (Å²) in [6.45, 7) is 5.41. The summed E-state index contributed by atoms with van der Waals surface area (Å²) in [6.07, 6.45) is -4.43. The molecule has 0 amide bonds. The number of rotatable bonds is 1. The number of aromatic hydroxyl groups is 1. The minimum atomic E-state index is -4.43. The molecule has 1 aromatic rings. The largest absolute Gasteiger partial charge is 0.508 e. The van der Waals surface area contributed by atoms with Gasteiger partial charge in [-0.05, 0) is 23.6 Å². The molecule has 0 radical (unpaired) electrons. The fourth-order valence-corrected chi connectivity index (χ4v) is 1.45. The highest BCUT2D eigenvalue weighted by atomic mass is 19.4. The van der Waals surface area contributed by atoms with Gasteiger partial charge in [0, 0.05) is 11.6 Å². The summed E-state index contributed by atoms with van der Waals surface area (Å²) in [6, 6.07) is 2.12. The molecule has 5 heteroatoms. The maximum Gasteiger partial charge on any atom is 0.416 e. The van der Waals surface area contributed by atoms with Gasteiger partial charge < -0.3 is 10.8 Å². The van der Waals surface area contributed by atoms with Crippen molar-refractivity contribution in [2.75, 3.05) is 0 Å². The first-order valence-corrected chi connectivity index (χ1v) is 5.19. The smallest absolute Gasteiger partial charge is 0.416 e. The van der Waals surface area contributed by atoms with Gasteiger partial charge in [-0.3, -0.25) is 0 Å². The molecule has 0 heterocycles. The quantitative estimate of drug-likeness (QED) is 0.798. The van der Waals surface area contributed by atoms with Crippen LogP contribution in [0, 0.1) is 5.41 Å². The third kappa shape index (κ3) is 3.12. The molecule has 1 atom stereocenters. The summed E-state index contributed by atoms with van der Waals surface area (Å²) in [7, 11) is 0. The van der Waals surface area contributed by atoms with Crippen molar-refractivity contribution in [3.05, 3.63) is 29.3 Å². The number of halogens is 3. The molecule has 1 aromatic carbocycles. The summed E-state index contributed by atoms with van der Waals surface area (Å²) in [5.41, 5.74) is 4.75. The van der Waals surface area contributed by atoms with Gasteiger partial charge in [-0.1, -0.05) is 20.8 Å². The number of nitrogens with two attached hydrogens (primary N) is 1. The van der Waals surface area contributed by atoms with Crippen molar-refractivity contribution in [1.29, 1.82) is 0 Å².